The number of ether oxygens (including phenoxy) is 1. The first-order valence-corrected chi connectivity index (χ1v) is 16.2. The lowest BCUT2D eigenvalue weighted by Gasteiger charge is -2.58. The molecule has 4 aliphatic rings. The van der Waals surface area contributed by atoms with Crippen molar-refractivity contribution in [1.29, 1.82) is 0 Å². The summed E-state index contributed by atoms with van der Waals surface area (Å²) in [6, 6.07) is 2.99. The van der Waals surface area contributed by atoms with E-state index in [2.05, 4.69) is 40.7 Å². The van der Waals surface area contributed by atoms with E-state index in [0.717, 1.165) is 67.1 Å². The van der Waals surface area contributed by atoms with E-state index in [4.69, 9.17) is 4.74 Å². The summed E-state index contributed by atoms with van der Waals surface area (Å²) in [4.78, 5) is 34.1. The number of esters is 1. The molecule has 5 rings (SSSR count). The highest BCUT2D eigenvalue weighted by Gasteiger charge is 2.59. The molecule has 8 atom stereocenters. The van der Waals surface area contributed by atoms with E-state index in [9.17, 15) is 25.0 Å². The van der Waals surface area contributed by atoms with Gasteiger partial charge in [0, 0.05) is 18.6 Å². The van der Waals surface area contributed by atoms with Crippen LogP contribution in [0.4, 0.5) is 11.4 Å². The Morgan fingerprint density at radius 2 is 1.64 bits per heavy atom. The third-order valence-corrected chi connectivity index (χ3v) is 12.1. The minimum atomic E-state index is -0.738. The van der Waals surface area contributed by atoms with Crippen LogP contribution in [0.15, 0.2) is 29.8 Å². The van der Waals surface area contributed by atoms with Crippen molar-refractivity contribution in [2.75, 3.05) is 0 Å². The van der Waals surface area contributed by atoms with Crippen molar-refractivity contribution in [2.45, 2.75) is 111 Å². The number of nitro benzene ring substituents is 2. The molecule has 3 saturated carbocycles. The maximum Gasteiger partial charge on any atom is 0.338 e. The van der Waals surface area contributed by atoms with Crippen molar-refractivity contribution < 1.29 is 19.4 Å². The molecule has 0 aromatic heterocycles. The summed E-state index contributed by atoms with van der Waals surface area (Å²) in [5, 5.41) is 22.6. The second-order valence-corrected chi connectivity index (χ2v) is 14.8. The van der Waals surface area contributed by atoms with E-state index in [-0.39, 0.29) is 17.1 Å². The highest BCUT2D eigenvalue weighted by Crippen LogP contribution is 2.67. The molecule has 8 heteroatoms. The van der Waals surface area contributed by atoms with Crippen molar-refractivity contribution in [3.8, 4) is 0 Å². The Balaban J connectivity index is 1.27. The minimum Gasteiger partial charge on any atom is -0.458 e. The first-order chi connectivity index (χ1) is 19.8. The van der Waals surface area contributed by atoms with Crippen LogP contribution in [-0.2, 0) is 4.74 Å². The van der Waals surface area contributed by atoms with Crippen molar-refractivity contribution in [2.24, 2.45) is 46.3 Å². The summed E-state index contributed by atoms with van der Waals surface area (Å²) >= 11 is 0. The maximum atomic E-state index is 13.0. The number of nitrogens with zero attached hydrogens (tertiary/aromatic N) is 2. The molecule has 3 fully saturated rings. The van der Waals surface area contributed by atoms with Gasteiger partial charge in [-0.2, -0.15) is 0 Å². The van der Waals surface area contributed by atoms with Gasteiger partial charge < -0.3 is 4.74 Å². The van der Waals surface area contributed by atoms with Gasteiger partial charge in [0.25, 0.3) is 11.4 Å². The van der Waals surface area contributed by atoms with Gasteiger partial charge in [0.15, 0.2) is 0 Å². The Bertz CT molecular complexity index is 1230. The number of carbonyl (C=O) groups is 1. The van der Waals surface area contributed by atoms with Crippen LogP contribution in [-0.4, -0.2) is 21.9 Å². The number of hydrogen-bond acceptors (Lipinski definition) is 6. The van der Waals surface area contributed by atoms with E-state index in [0.29, 0.717) is 17.8 Å². The summed E-state index contributed by atoms with van der Waals surface area (Å²) in [7, 11) is 0. The van der Waals surface area contributed by atoms with Crippen molar-refractivity contribution in [3.63, 3.8) is 0 Å². The molecule has 0 bridgehead atoms. The predicted molar refractivity (Wildman–Crippen MR) is 162 cm³/mol. The van der Waals surface area contributed by atoms with E-state index >= 15 is 0 Å². The fourth-order valence-corrected chi connectivity index (χ4v) is 9.90. The van der Waals surface area contributed by atoms with Crippen LogP contribution in [0.2, 0.25) is 0 Å². The molecule has 0 unspecified atom stereocenters. The first-order valence-electron chi connectivity index (χ1n) is 16.2. The molecule has 1 aromatic carbocycles. The normalized spacial score (nSPS) is 34.5. The topological polar surface area (TPSA) is 113 Å². The summed E-state index contributed by atoms with van der Waals surface area (Å²) in [6.45, 7) is 12.2. The molecule has 1 aromatic rings. The lowest BCUT2D eigenvalue weighted by molar-refractivity contribution is -0.394. The third kappa shape index (κ3) is 5.62. The van der Waals surface area contributed by atoms with Gasteiger partial charge in [-0.3, -0.25) is 20.2 Å². The highest BCUT2D eigenvalue weighted by atomic mass is 16.6. The van der Waals surface area contributed by atoms with Crippen LogP contribution in [0.25, 0.3) is 0 Å². The number of benzene rings is 1. The predicted octanol–water partition coefficient (Wildman–Crippen LogP) is 9.07. The zero-order chi connectivity index (χ0) is 30.4. The largest absolute Gasteiger partial charge is 0.458 e. The molecular formula is C34H48N2O6. The third-order valence-electron chi connectivity index (χ3n) is 12.1. The maximum absolute atomic E-state index is 13.0. The Labute approximate surface area is 250 Å². The number of allylic oxidation sites excluding steroid dienone is 1. The molecule has 42 heavy (non-hydrogen) atoms. The number of rotatable bonds is 9. The number of hydrogen-bond donors (Lipinski definition) is 0. The highest BCUT2D eigenvalue weighted by molar-refractivity contribution is 5.91. The van der Waals surface area contributed by atoms with Gasteiger partial charge in [-0.05, 0) is 91.3 Å². The van der Waals surface area contributed by atoms with Crippen LogP contribution < -0.4 is 0 Å². The molecule has 0 aliphatic heterocycles. The summed E-state index contributed by atoms with van der Waals surface area (Å²) < 4.78 is 5.82. The van der Waals surface area contributed by atoms with Gasteiger partial charge in [-0.25, -0.2) is 4.79 Å². The molecule has 230 valence electrons. The molecule has 0 heterocycles. The van der Waals surface area contributed by atoms with Crippen molar-refractivity contribution in [3.05, 3.63) is 55.6 Å². The molecule has 4 aliphatic carbocycles. The van der Waals surface area contributed by atoms with Gasteiger partial charge in [0.2, 0.25) is 0 Å². The number of carbonyl (C=O) groups excluding carboxylic acids is 1. The van der Waals surface area contributed by atoms with E-state index in [1.54, 1.807) is 0 Å². The number of fused-ring (bicyclic) bond motifs is 5. The molecule has 8 nitrogen and oxygen atoms in total. The Kier molecular flexibility index (Phi) is 8.56. The smallest absolute Gasteiger partial charge is 0.338 e. The van der Waals surface area contributed by atoms with E-state index in [1.807, 2.05) is 0 Å². The van der Waals surface area contributed by atoms with Gasteiger partial charge >= 0.3 is 5.97 Å². The van der Waals surface area contributed by atoms with Gasteiger partial charge in [0.1, 0.15) is 6.10 Å². The molecular weight excluding hydrogens is 532 g/mol. The zero-order valence-corrected chi connectivity index (χ0v) is 26.0. The fraction of sp³-hybridized carbons (Fsp3) is 0.735. The molecule has 0 amide bonds. The van der Waals surface area contributed by atoms with Gasteiger partial charge in [0.05, 0.1) is 21.5 Å². The zero-order valence-electron chi connectivity index (χ0n) is 26.0. The molecule has 0 saturated heterocycles. The van der Waals surface area contributed by atoms with Crippen LogP contribution in [0.3, 0.4) is 0 Å². The second-order valence-electron chi connectivity index (χ2n) is 14.8. The Morgan fingerprint density at radius 1 is 0.952 bits per heavy atom. The second kappa shape index (κ2) is 11.7. The van der Waals surface area contributed by atoms with Gasteiger partial charge in [-0.1, -0.05) is 65.5 Å². The van der Waals surface area contributed by atoms with Crippen LogP contribution in [0.5, 0.6) is 0 Å². The van der Waals surface area contributed by atoms with Crippen LogP contribution >= 0.6 is 0 Å². The first kappa shape index (κ1) is 30.7. The standard InChI is InChI=1S/C34H48N2O6/c1-21(2)7-6-8-22(3)29-11-12-30-28-10-9-24-19-27(13-15-33(24,4)31(28)14-16-34(29,30)5)42-32(37)23-17-25(35(38)39)20-26(18-23)36(40)41/h9,17-18,20-22,27-31H,6-8,10-16,19H2,1-5H3/t22-,27+,28-,29+,30+,31-,33+,34-/m1/s1. The molecule has 0 radical (unpaired) electrons. The van der Waals surface area contributed by atoms with Crippen molar-refractivity contribution in [1.82, 2.24) is 0 Å². The summed E-state index contributed by atoms with van der Waals surface area (Å²) in [5.41, 5.74) is 0.806. The lowest BCUT2D eigenvalue weighted by Crippen LogP contribution is -2.51. The average molecular weight is 581 g/mol. The Morgan fingerprint density at radius 3 is 2.29 bits per heavy atom. The monoisotopic (exact) mass is 580 g/mol. The van der Waals surface area contributed by atoms with Crippen LogP contribution in [0.1, 0.15) is 116 Å². The Hall–Kier alpha value is -2.77. The number of non-ortho nitro benzene ring substituents is 2. The lowest BCUT2D eigenvalue weighted by atomic mass is 9.47. The molecule has 0 N–H and O–H groups in total. The minimum absolute atomic E-state index is 0.110. The fourth-order valence-electron chi connectivity index (χ4n) is 9.90. The van der Waals surface area contributed by atoms with Gasteiger partial charge in [-0.15, -0.1) is 0 Å². The SMILES string of the molecule is CC(C)CCC[C@@H](C)[C@@H]1CC[C@H]2[C@H]3CC=C4C[C@@H](OC(=O)c5cc([N+](=O)[O-])cc([N+](=O)[O-])c5)CC[C@]4(C)[C@@H]3CC[C@@]21C. The average Bonchev–Trinajstić information content (AvgIpc) is 3.30. The summed E-state index contributed by atoms with van der Waals surface area (Å²) in [6.07, 6.45) is 14.9. The van der Waals surface area contributed by atoms with E-state index in [1.165, 1.54) is 50.5 Å². The van der Waals surface area contributed by atoms with E-state index < -0.39 is 27.2 Å². The quantitative estimate of drug-likeness (QED) is 0.125. The summed E-state index contributed by atoms with van der Waals surface area (Å²) in [5.74, 6) is 3.81. The number of nitro groups is 2. The molecule has 0 spiro atoms. The van der Waals surface area contributed by atoms with Crippen LogP contribution in [0, 0.1) is 66.6 Å². The van der Waals surface area contributed by atoms with Crippen molar-refractivity contribution >= 4 is 17.3 Å².